The van der Waals surface area contributed by atoms with E-state index < -0.39 is 18.0 Å². The largest absolute Gasteiger partial charge is 0.471 e. The van der Waals surface area contributed by atoms with Gasteiger partial charge in [-0.15, -0.1) is 5.10 Å². The molecule has 0 bridgehead atoms. The van der Waals surface area contributed by atoms with Gasteiger partial charge >= 0.3 is 18.0 Å². The zero-order valence-electron chi connectivity index (χ0n) is 13.0. The van der Waals surface area contributed by atoms with Gasteiger partial charge in [-0.25, -0.2) is 14.5 Å². The van der Waals surface area contributed by atoms with Gasteiger partial charge in [0.1, 0.15) is 6.33 Å². The van der Waals surface area contributed by atoms with Crippen LogP contribution < -0.4 is 0 Å². The van der Waals surface area contributed by atoms with Crippen molar-refractivity contribution < 1.29 is 27.2 Å². The number of esters is 1. The lowest BCUT2D eigenvalue weighted by molar-refractivity contribution is -0.159. The van der Waals surface area contributed by atoms with Crippen LogP contribution in [-0.4, -0.2) is 38.0 Å². The lowest BCUT2D eigenvalue weighted by atomic mass is 10.1. The van der Waals surface area contributed by atoms with Crippen molar-refractivity contribution in [2.24, 2.45) is 0 Å². The maximum Gasteiger partial charge on any atom is 0.471 e. The second-order valence-electron chi connectivity index (χ2n) is 4.98. The van der Waals surface area contributed by atoms with Crippen LogP contribution in [0.1, 0.15) is 22.1 Å². The van der Waals surface area contributed by atoms with Crippen molar-refractivity contribution in [3.8, 4) is 11.4 Å². The predicted molar refractivity (Wildman–Crippen MR) is 80.2 cm³/mol. The van der Waals surface area contributed by atoms with Crippen LogP contribution in [0.5, 0.6) is 0 Å². The molecule has 2 heterocycles. The summed E-state index contributed by atoms with van der Waals surface area (Å²) in [4.78, 5) is 18.4. The Morgan fingerprint density at radius 3 is 2.77 bits per heavy atom. The summed E-state index contributed by atoms with van der Waals surface area (Å²) in [6, 6.07) is 4.46. The van der Waals surface area contributed by atoms with Crippen molar-refractivity contribution >= 4 is 17.6 Å². The molecule has 0 radical (unpaired) electrons. The number of aromatic nitrogens is 5. The third-order valence-electron chi connectivity index (χ3n) is 3.22. The summed E-state index contributed by atoms with van der Waals surface area (Å²) in [5, 5.41) is 7.48. The fraction of sp³-hybridized carbons (Fsp3) is 0.214. The van der Waals surface area contributed by atoms with E-state index in [0.29, 0.717) is 5.56 Å². The minimum absolute atomic E-state index is 0.105. The molecule has 3 rings (SSSR count). The van der Waals surface area contributed by atoms with Gasteiger partial charge in [0.15, 0.2) is 0 Å². The van der Waals surface area contributed by atoms with E-state index in [1.165, 1.54) is 30.3 Å². The Balaban J connectivity index is 1.80. The molecular weight excluding hydrogens is 379 g/mol. The third-order valence-corrected chi connectivity index (χ3v) is 3.57. The number of hydrogen-bond acceptors (Lipinski definition) is 7. The van der Waals surface area contributed by atoms with E-state index in [0.717, 1.165) is 0 Å². The molecule has 0 atom stereocenters. The van der Waals surface area contributed by atoms with Gasteiger partial charge in [-0.2, -0.15) is 18.2 Å². The Hall–Kier alpha value is -2.95. The summed E-state index contributed by atoms with van der Waals surface area (Å²) in [5.41, 5.74) is 0.850. The van der Waals surface area contributed by atoms with E-state index in [-0.39, 0.29) is 28.8 Å². The zero-order chi connectivity index (χ0) is 18.9. The molecule has 26 heavy (non-hydrogen) atoms. The maximum absolute atomic E-state index is 12.5. The molecule has 0 spiro atoms. The SMILES string of the molecule is COC(=O)c1ncn(Cc2ccc(-c3noc(C(F)(F)F)n3)cc2Cl)n1. The summed E-state index contributed by atoms with van der Waals surface area (Å²) in [5.74, 6) is -2.46. The number of alkyl halides is 3. The Morgan fingerprint density at radius 2 is 2.15 bits per heavy atom. The second-order valence-corrected chi connectivity index (χ2v) is 5.39. The molecule has 136 valence electrons. The van der Waals surface area contributed by atoms with E-state index in [9.17, 15) is 18.0 Å². The smallest absolute Gasteiger partial charge is 0.463 e. The van der Waals surface area contributed by atoms with Crippen LogP contribution in [0, 0.1) is 0 Å². The maximum atomic E-state index is 12.5. The molecule has 1 aromatic carbocycles. The normalized spacial score (nSPS) is 11.6. The van der Waals surface area contributed by atoms with E-state index in [4.69, 9.17) is 11.6 Å². The molecular formula is C14H9ClF3N5O3. The number of halogens is 4. The van der Waals surface area contributed by atoms with Crippen LogP contribution in [0.4, 0.5) is 13.2 Å². The zero-order valence-corrected chi connectivity index (χ0v) is 13.7. The van der Waals surface area contributed by atoms with Crippen molar-refractivity contribution in [1.82, 2.24) is 24.9 Å². The highest BCUT2D eigenvalue weighted by Gasteiger charge is 2.38. The molecule has 8 nitrogen and oxygen atoms in total. The number of carbonyl (C=O) groups excluding carboxylic acids is 1. The summed E-state index contributed by atoms with van der Waals surface area (Å²) in [7, 11) is 1.21. The average Bonchev–Trinajstić information content (AvgIpc) is 3.25. The van der Waals surface area contributed by atoms with Crippen molar-refractivity contribution in [1.29, 1.82) is 0 Å². The standard InChI is InChI=1S/C14H9ClF3N5O3/c1-25-12(24)11-19-6-23(21-11)5-8-3-2-7(4-9(8)15)10-20-13(26-22-10)14(16,17)18/h2-4,6H,5H2,1H3. The van der Waals surface area contributed by atoms with Gasteiger partial charge in [0, 0.05) is 10.6 Å². The first-order valence-electron chi connectivity index (χ1n) is 6.95. The van der Waals surface area contributed by atoms with Crippen LogP contribution >= 0.6 is 11.6 Å². The molecule has 0 aliphatic rings. The first-order chi connectivity index (χ1) is 12.3. The van der Waals surface area contributed by atoms with Crippen molar-refractivity contribution in [2.75, 3.05) is 7.11 Å². The molecule has 0 fully saturated rings. The van der Waals surface area contributed by atoms with Gasteiger partial charge in [0.2, 0.25) is 5.82 Å². The molecule has 2 aromatic heterocycles. The Kier molecular flexibility index (Phi) is 4.64. The second kappa shape index (κ2) is 6.75. The number of methoxy groups -OCH3 is 1. The first kappa shape index (κ1) is 17.9. The topological polar surface area (TPSA) is 95.9 Å². The Bertz CT molecular complexity index is 953. The lowest BCUT2D eigenvalue weighted by Gasteiger charge is -2.05. The summed E-state index contributed by atoms with van der Waals surface area (Å²) in [6.45, 7) is 0.184. The first-order valence-corrected chi connectivity index (χ1v) is 7.33. The monoisotopic (exact) mass is 387 g/mol. The van der Waals surface area contributed by atoms with Gasteiger partial charge in [-0.05, 0) is 11.6 Å². The molecule has 0 saturated heterocycles. The van der Waals surface area contributed by atoms with Crippen LogP contribution in [0.15, 0.2) is 29.0 Å². The van der Waals surface area contributed by atoms with Gasteiger partial charge in [-0.3, -0.25) is 0 Å². The highest BCUT2D eigenvalue weighted by Crippen LogP contribution is 2.30. The van der Waals surface area contributed by atoms with E-state index >= 15 is 0 Å². The number of ether oxygens (including phenoxy) is 1. The van der Waals surface area contributed by atoms with E-state index in [1.54, 1.807) is 6.07 Å². The van der Waals surface area contributed by atoms with Crippen LogP contribution in [-0.2, 0) is 17.5 Å². The number of nitrogens with zero attached hydrogens (tertiary/aromatic N) is 5. The van der Waals surface area contributed by atoms with E-state index in [1.807, 2.05) is 0 Å². The fourth-order valence-corrected chi connectivity index (χ4v) is 2.24. The minimum atomic E-state index is -4.72. The number of hydrogen-bond donors (Lipinski definition) is 0. The average molecular weight is 388 g/mol. The summed E-state index contributed by atoms with van der Waals surface area (Å²) in [6.07, 6.45) is -3.40. The number of carbonyl (C=O) groups is 1. The molecule has 12 heteroatoms. The molecule has 0 saturated carbocycles. The number of rotatable bonds is 4. The number of benzene rings is 1. The van der Waals surface area contributed by atoms with Crippen LogP contribution in [0.2, 0.25) is 5.02 Å². The summed E-state index contributed by atoms with van der Waals surface area (Å²) >= 11 is 6.16. The van der Waals surface area contributed by atoms with Gasteiger partial charge in [0.05, 0.1) is 13.7 Å². The molecule has 0 N–H and O–H groups in total. The third kappa shape index (κ3) is 3.67. The molecule has 0 aliphatic heterocycles. The molecule has 0 aliphatic carbocycles. The molecule has 0 unspecified atom stereocenters. The summed E-state index contributed by atoms with van der Waals surface area (Å²) < 4.78 is 47.6. The van der Waals surface area contributed by atoms with Gasteiger partial charge < -0.3 is 9.26 Å². The van der Waals surface area contributed by atoms with Crippen LogP contribution in [0.25, 0.3) is 11.4 Å². The molecule has 3 aromatic rings. The highest BCUT2D eigenvalue weighted by molar-refractivity contribution is 6.31. The van der Waals surface area contributed by atoms with Gasteiger partial charge in [0.25, 0.3) is 5.82 Å². The highest BCUT2D eigenvalue weighted by atomic mass is 35.5. The fourth-order valence-electron chi connectivity index (χ4n) is 2.00. The Labute approximate surface area is 148 Å². The van der Waals surface area contributed by atoms with Crippen molar-refractivity contribution in [2.45, 2.75) is 12.7 Å². The van der Waals surface area contributed by atoms with Gasteiger partial charge in [-0.1, -0.05) is 28.9 Å². The minimum Gasteiger partial charge on any atom is -0.463 e. The van der Waals surface area contributed by atoms with Crippen molar-refractivity contribution in [3.05, 3.63) is 46.8 Å². The lowest BCUT2D eigenvalue weighted by Crippen LogP contribution is -2.06. The quantitative estimate of drug-likeness (QED) is 0.635. The Morgan fingerprint density at radius 1 is 1.38 bits per heavy atom. The molecule has 0 amide bonds. The predicted octanol–water partition coefficient (Wildman–Crippen LogP) is 2.84. The van der Waals surface area contributed by atoms with Crippen molar-refractivity contribution in [3.63, 3.8) is 0 Å². The van der Waals surface area contributed by atoms with Crippen LogP contribution in [0.3, 0.4) is 0 Å². The van der Waals surface area contributed by atoms with E-state index in [2.05, 4.69) is 29.5 Å².